The molecule has 3 amide bonds. The van der Waals surface area contributed by atoms with Crippen molar-refractivity contribution in [1.29, 1.82) is 0 Å². The van der Waals surface area contributed by atoms with Gasteiger partial charge in [0.1, 0.15) is 11.8 Å². The van der Waals surface area contributed by atoms with Gasteiger partial charge in [-0.1, -0.05) is 17.7 Å². The third kappa shape index (κ3) is 5.51. The first-order valence-corrected chi connectivity index (χ1v) is 8.73. The molecule has 1 fully saturated rings. The van der Waals surface area contributed by atoms with Gasteiger partial charge >= 0.3 is 18.7 Å². The Kier molecular flexibility index (Phi) is 5.93. The van der Waals surface area contributed by atoms with E-state index in [2.05, 4.69) is 25.8 Å². The Balaban J connectivity index is 1.93. The molecule has 0 radical (unpaired) electrons. The van der Waals surface area contributed by atoms with Crippen LogP contribution in [0.5, 0.6) is 5.75 Å². The maximum absolute atomic E-state index is 12.9. The van der Waals surface area contributed by atoms with Gasteiger partial charge in [-0.05, 0) is 17.7 Å². The number of carbonyl (C=O) groups is 2. The van der Waals surface area contributed by atoms with E-state index in [1.807, 2.05) is 0 Å². The number of amides is 3. The second-order valence-corrected chi connectivity index (χ2v) is 6.68. The lowest BCUT2D eigenvalue weighted by Crippen LogP contribution is -2.44. The molecule has 1 aliphatic rings. The molecule has 1 saturated heterocycles. The molecule has 2 heterocycles. The average Bonchev–Trinajstić information content (AvgIpc) is 3.29. The van der Waals surface area contributed by atoms with E-state index < -0.39 is 47.5 Å². The molecule has 168 valence electrons. The van der Waals surface area contributed by atoms with Crippen LogP contribution >= 0.6 is 11.6 Å². The summed E-state index contributed by atoms with van der Waals surface area (Å²) in [7, 11) is 0. The third-order valence-corrected chi connectivity index (χ3v) is 4.38. The van der Waals surface area contributed by atoms with Crippen molar-refractivity contribution in [2.24, 2.45) is 0 Å². The molecule has 0 saturated carbocycles. The molecule has 0 spiro atoms. The maximum atomic E-state index is 12.9. The zero-order valence-corrected chi connectivity index (χ0v) is 15.8. The molecule has 8 nitrogen and oxygen atoms in total. The largest absolute Gasteiger partial charge is 0.573 e. The van der Waals surface area contributed by atoms with Gasteiger partial charge in [0.25, 0.3) is 0 Å². The number of aromatic nitrogens is 2. The van der Waals surface area contributed by atoms with Crippen molar-refractivity contribution < 1.29 is 40.7 Å². The van der Waals surface area contributed by atoms with E-state index in [0.29, 0.717) is 6.20 Å². The van der Waals surface area contributed by atoms with Gasteiger partial charge < -0.3 is 20.7 Å². The molecule has 2 atom stereocenters. The van der Waals surface area contributed by atoms with Crippen molar-refractivity contribution >= 4 is 23.5 Å². The fourth-order valence-electron chi connectivity index (χ4n) is 2.74. The first kappa shape index (κ1) is 22.5. The SMILES string of the molecule is O=C1NC[C@@H](C(=O)N[C@H](c2ccc(OC(F)(F)F)c(Cl)c2)c2cnn(C(F)(F)F)c2)N1. The van der Waals surface area contributed by atoms with E-state index in [1.165, 1.54) is 0 Å². The Morgan fingerprint density at radius 2 is 1.97 bits per heavy atom. The number of hydrogen-bond acceptors (Lipinski definition) is 4. The molecule has 2 aromatic rings. The van der Waals surface area contributed by atoms with Gasteiger partial charge in [-0.3, -0.25) is 4.79 Å². The van der Waals surface area contributed by atoms with Gasteiger partial charge in [0, 0.05) is 18.3 Å². The Labute approximate surface area is 174 Å². The minimum absolute atomic E-state index is 0.0480. The average molecular weight is 472 g/mol. The standard InChI is InChI=1S/C16H12ClF6N5O3/c17-9-3-7(1-2-11(9)31-16(21,22)23)12(8-4-25-28(6-8)15(18,19)20)27-13(29)10-5-24-14(30)26-10/h1-4,6,10,12H,5H2,(H,27,29)(H2,24,26,30)/t10-,12+/m0/s1. The normalized spacial score (nSPS) is 17.6. The predicted molar refractivity (Wildman–Crippen MR) is 92.0 cm³/mol. The van der Waals surface area contributed by atoms with Crippen LogP contribution in [-0.2, 0) is 11.1 Å². The summed E-state index contributed by atoms with van der Waals surface area (Å²) in [5.41, 5.74) is -0.0876. The molecule has 0 aliphatic carbocycles. The first-order chi connectivity index (χ1) is 14.3. The zero-order chi connectivity index (χ0) is 23.0. The fraction of sp³-hybridized carbons (Fsp3) is 0.312. The Morgan fingerprint density at radius 3 is 2.48 bits per heavy atom. The molecule has 0 bridgehead atoms. The third-order valence-electron chi connectivity index (χ3n) is 4.09. The minimum Gasteiger partial charge on any atom is -0.404 e. The number of alkyl halides is 6. The van der Waals surface area contributed by atoms with Gasteiger partial charge in [-0.15, -0.1) is 26.3 Å². The highest BCUT2D eigenvalue weighted by Gasteiger charge is 2.35. The van der Waals surface area contributed by atoms with Crippen molar-refractivity contribution in [2.75, 3.05) is 6.54 Å². The molecule has 3 rings (SSSR count). The Morgan fingerprint density at radius 1 is 1.26 bits per heavy atom. The topological polar surface area (TPSA) is 97.3 Å². The monoisotopic (exact) mass is 471 g/mol. The summed E-state index contributed by atoms with van der Waals surface area (Å²) in [6.07, 6.45) is -8.42. The number of urea groups is 1. The summed E-state index contributed by atoms with van der Waals surface area (Å²) >= 11 is 5.82. The number of rotatable bonds is 5. The number of nitrogens with one attached hydrogen (secondary N) is 3. The van der Waals surface area contributed by atoms with Crippen LogP contribution in [0.1, 0.15) is 17.2 Å². The summed E-state index contributed by atoms with van der Waals surface area (Å²) < 4.78 is 79.5. The molecule has 1 aliphatic heterocycles. The lowest BCUT2D eigenvalue weighted by atomic mass is 10.0. The van der Waals surface area contributed by atoms with Crippen LogP contribution in [0.4, 0.5) is 31.1 Å². The Bertz CT molecular complexity index is 993. The van der Waals surface area contributed by atoms with E-state index in [-0.39, 0.29) is 22.4 Å². The van der Waals surface area contributed by atoms with Crippen LogP contribution in [0.2, 0.25) is 5.02 Å². The molecule has 31 heavy (non-hydrogen) atoms. The van der Waals surface area contributed by atoms with Crippen LogP contribution in [0.25, 0.3) is 0 Å². The summed E-state index contributed by atoms with van der Waals surface area (Å²) in [6, 6.07) is 0.0446. The second-order valence-electron chi connectivity index (χ2n) is 6.27. The van der Waals surface area contributed by atoms with Crippen molar-refractivity contribution in [3.05, 3.63) is 46.7 Å². The highest BCUT2D eigenvalue weighted by molar-refractivity contribution is 6.32. The van der Waals surface area contributed by atoms with E-state index in [1.54, 1.807) is 0 Å². The van der Waals surface area contributed by atoms with Crippen molar-refractivity contribution in [1.82, 2.24) is 25.7 Å². The number of nitrogens with zero attached hydrogens (tertiary/aromatic N) is 2. The lowest BCUT2D eigenvalue weighted by molar-refractivity contribution is -0.274. The van der Waals surface area contributed by atoms with Gasteiger partial charge in [0.15, 0.2) is 0 Å². The molecular weight excluding hydrogens is 460 g/mol. The predicted octanol–water partition coefficient (Wildman–Crippen LogP) is 2.80. The van der Waals surface area contributed by atoms with Gasteiger partial charge in [0.05, 0.1) is 17.3 Å². The van der Waals surface area contributed by atoms with E-state index >= 15 is 0 Å². The number of benzene rings is 1. The molecular formula is C16H12ClF6N5O3. The minimum atomic E-state index is -5.01. The summed E-state index contributed by atoms with van der Waals surface area (Å²) in [5.74, 6) is -1.49. The van der Waals surface area contributed by atoms with Gasteiger partial charge in [-0.2, -0.15) is 9.78 Å². The summed E-state index contributed by atoms with van der Waals surface area (Å²) in [6.45, 7) is -0.0711. The molecule has 1 aromatic heterocycles. The summed E-state index contributed by atoms with van der Waals surface area (Å²) in [5, 5.41) is 9.78. The first-order valence-electron chi connectivity index (χ1n) is 8.35. The van der Waals surface area contributed by atoms with Crippen molar-refractivity contribution in [3.8, 4) is 5.75 Å². The number of hydrogen-bond donors (Lipinski definition) is 3. The van der Waals surface area contributed by atoms with Crippen LogP contribution in [0.15, 0.2) is 30.6 Å². The molecule has 3 N–H and O–H groups in total. The van der Waals surface area contributed by atoms with Crippen molar-refractivity contribution in [2.45, 2.75) is 24.7 Å². The second kappa shape index (κ2) is 8.17. The van der Waals surface area contributed by atoms with E-state index in [4.69, 9.17) is 11.6 Å². The van der Waals surface area contributed by atoms with Crippen molar-refractivity contribution in [3.63, 3.8) is 0 Å². The Hall–Kier alpha value is -3.16. The molecule has 1 aromatic carbocycles. The van der Waals surface area contributed by atoms with Crippen LogP contribution in [0, 0.1) is 0 Å². The summed E-state index contributed by atoms with van der Waals surface area (Å²) in [4.78, 5) is 23.7. The fourth-order valence-corrected chi connectivity index (χ4v) is 2.97. The van der Waals surface area contributed by atoms with Crippen LogP contribution < -0.4 is 20.7 Å². The number of ether oxygens (including phenoxy) is 1. The zero-order valence-electron chi connectivity index (χ0n) is 15.0. The quantitative estimate of drug-likeness (QED) is 0.584. The van der Waals surface area contributed by atoms with Gasteiger partial charge in [-0.25, -0.2) is 4.79 Å². The highest BCUT2D eigenvalue weighted by atomic mass is 35.5. The van der Waals surface area contributed by atoms with Crippen LogP contribution in [0.3, 0.4) is 0 Å². The van der Waals surface area contributed by atoms with Crippen LogP contribution in [-0.4, -0.2) is 40.7 Å². The molecule has 0 unspecified atom stereocenters. The maximum Gasteiger partial charge on any atom is 0.573 e. The van der Waals surface area contributed by atoms with E-state index in [0.717, 1.165) is 24.4 Å². The number of halogens is 7. The van der Waals surface area contributed by atoms with E-state index in [9.17, 15) is 35.9 Å². The molecule has 15 heteroatoms. The lowest BCUT2D eigenvalue weighted by Gasteiger charge is -2.21. The van der Waals surface area contributed by atoms with Gasteiger partial charge in [0.2, 0.25) is 5.91 Å². The number of carbonyl (C=O) groups excluding carboxylic acids is 2. The smallest absolute Gasteiger partial charge is 0.404 e. The highest BCUT2D eigenvalue weighted by Crippen LogP contribution is 2.34.